The molecule has 19 heavy (non-hydrogen) atoms. The molecule has 1 aromatic carbocycles. The van der Waals surface area contributed by atoms with E-state index in [4.69, 9.17) is 5.14 Å². The van der Waals surface area contributed by atoms with Crippen LogP contribution >= 0.6 is 0 Å². The standard InChI is InChI=1S/C11H14FN3O3S/c12-9-3-1-8(2-4-9)7-15-6-5-10(11(15)16)14-19(13,17)18/h1-4,10,14H,5-7H2,(H2,13,17,18)/t10-/m0/s1. The van der Waals surface area contributed by atoms with Crippen molar-refractivity contribution in [3.05, 3.63) is 35.6 Å². The van der Waals surface area contributed by atoms with Crippen molar-refractivity contribution in [2.24, 2.45) is 5.14 Å². The summed E-state index contributed by atoms with van der Waals surface area (Å²) < 4.78 is 36.6. The Bertz CT molecular complexity index is 573. The Hall–Kier alpha value is -1.51. The van der Waals surface area contributed by atoms with Gasteiger partial charge >= 0.3 is 0 Å². The van der Waals surface area contributed by atoms with Crippen molar-refractivity contribution in [2.75, 3.05) is 6.54 Å². The zero-order valence-corrected chi connectivity index (χ0v) is 10.9. The van der Waals surface area contributed by atoms with Crippen LogP contribution in [0.15, 0.2) is 24.3 Å². The summed E-state index contributed by atoms with van der Waals surface area (Å²) in [7, 11) is -3.89. The molecule has 1 atom stereocenters. The molecule has 1 aliphatic heterocycles. The van der Waals surface area contributed by atoms with Crippen LogP contribution in [0.2, 0.25) is 0 Å². The average Bonchev–Trinajstić information content (AvgIpc) is 2.63. The van der Waals surface area contributed by atoms with Crippen molar-refractivity contribution >= 4 is 16.1 Å². The highest BCUT2D eigenvalue weighted by Gasteiger charge is 2.33. The molecule has 1 amide bonds. The number of hydrogen-bond acceptors (Lipinski definition) is 3. The second-order valence-electron chi connectivity index (χ2n) is 4.39. The van der Waals surface area contributed by atoms with Gasteiger partial charge in [0.15, 0.2) is 0 Å². The Morgan fingerprint density at radius 2 is 2.00 bits per heavy atom. The molecule has 3 N–H and O–H groups in total. The molecular formula is C11H14FN3O3S. The van der Waals surface area contributed by atoms with Crippen LogP contribution < -0.4 is 9.86 Å². The highest BCUT2D eigenvalue weighted by atomic mass is 32.2. The second kappa shape index (κ2) is 5.24. The van der Waals surface area contributed by atoms with Crippen LogP contribution in [0, 0.1) is 5.82 Å². The normalized spacial score (nSPS) is 20.0. The lowest BCUT2D eigenvalue weighted by Gasteiger charge is -2.16. The van der Waals surface area contributed by atoms with E-state index in [0.717, 1.165) is 5.56 Å². The molecule has 1 aliphatic rings. The van der Waals surface area contributed by atoms with E-state index in [2.05, 4.69) is 4.72 Å². The van der Waals surface area contributed by atoms with Crippen LogP contribution in [0.4, 0.5) is 4.39 Å². The second-order valence-corrected chi connectivity index (χ2v) is 5.72. The molecule has 6 nitrogen and oxygen atoms in total. The van der Waals surface area contributed by atoms with Gasteiger partial charge in [-0.15, -0.1) is 0 Å². The van der Waals surface area contributed by atoms with Crippen LogP contribution in [0.3, 0.4) is 0 Å². The largest absolute Gasteiger partial charge is 0.337 e. The van der Waals surface area contributed by atoms with Gasteiger partial charge < -0.3 is 4.90 Å². The maximum absolute atomic E-state index is 12.8. The summed E-state index contributed by atoms with van der Waals surface area (Å²) in [6, 6.07) is 4.99. The van der Waals surface area contributed by atoms with E-state index in [1.165, 1.54) is 17.0 Å². The lowest BCUT2D eigenvalue weighted by molar-refractivity contribution is -0.129. The monoisotopic (exact) mass is 287 g/mol. The molecule has 1 saturated heterocycles. The Kier molecular flexibility index (Phi) is 3.83. The third-order valence-corrected chi connectivity index (χ3v) is 3.50. The van der Waals surface area contributed by atoms with Gasteiger partial charge in [0.2, 0.25) is 5.91 Å². The smallest absolute Gasteiger partial charge is 0.275 e. The van der Waals surface area contributed by atoms with E-state index < -0.39 is 16.3 Å². The maximum Gasteiger partial charge on any atom is 0.275 e. The number of amides is 1. The predicted molar refractivity (Wildman–Crippen MR) is 66.5 cm³/mol. The summed E-state index contributed by atoms with van der Waals surface area (Å²) in [5, 5.41) is 4.84. The topological polar surface area (TPSA) is 92.5 Å². The molecule has 0 saturated carbocycles. The number of benzene rings is 1. The number of carbonyl (C=O) groups excluding carboxylic acids is 1. The molecular weight excluding hydrogens is 273 g/mol. The van der Waals surface area contributed by atoms with Crippen LogP contribution in [0.25, 0.3) is 0 Å². The average molecular weight is 287 g/mol. The minimum absolute atomic E-state index is 0.321. The number of rotatable bonds is 4. The highest BCUT2D eigenvalue weighted by molar-refractivity contribution is 7.87. The van der Waals surface area contributed by atoms with Gasteiger partial charge in [0.05, 0.1) is 0 Å². The number of nitrogens with two attached hydrogens (primary N) is 1. The van der Waals surface area contributed by atoms with Crippen LogP contribution in [0.1, 0.15) is 12.0 Å². The molecule has 0 aromatic heterocycles. The quantitative estimate of drug-likeness (QED) is 0.797. The van der Waals surface area contributed by atoms with E-state index in [1.54, 1.807) is 12.1 Å². The first-order valence-electron chi connectivity index (χ1n) is 5.68. The number of likely N-dealkylation sites (tertiary alicyclic amines) is 1. The van der Waals surface area contributed by atoms with Crippen molar-refractivity contribution < 1.29 is 17.6 Å². The molecule has 0 unspecified atom stereocenters. The fraction of sp³-hybridized carbons (Fsp3) is 0.364. The molecule has 1 aromatic rings. The SMILES string of the molecule is NS(=O)(=O)N[C@H]1CCN(Cc2ccc(F)cc2)C1=O. The predicted octanol–water partition coefficient (Wildman–Crippen LogP) is -0.280. The van der Waals surface area contributed by atoms with E-state index in [1.807, 2.05) is 0 Å². The van der Waals surface area contributed by atoms with E-state index in [-0.39, 0.29) is 11.7 Å². The highest BCUT2D eigenvalue weighted by Crippen LogP contribution is 2.15. The van der Waals surface area contributed by atoms with Gasteiger partial charge in [-0.1, -0.05) is 12.1 Å². The fourth-order valence-electron chi connectivity index (χ4n) is 2.01. The summed E-state index contributed by atoms with van der Waals surface area (Å²) in [6.45, 7) is 0.755. The zero-order chi connectivity index (χ0) is 14.0. The third kappa shape index (κ3) is 3.72. The number of halogens is 1. The molecule has 0 spiro atoms. The van der Waals surface area contributed by atoms with Crippen LogP contribution in [-0.2, 0) is 21.5 Å². The first kappa shape index (κ1) is 13.9. The van der Waals surface area contributed by atoms with Gasteiger partial charge in [-0.25, -0.2) is 9.53 Å². The van der Waals surface area contributed by atoms with E-state index >= 15 is 0 Å². The minimum Gasteiger partial charge on any atom is -0.337 e. The zero-order valence-electron chi connectivity index (χ0n) is 10.0. The maximum atomic E-state index is 12.8. The van der Waals surface area contributed by atoms with Gasteiger partial charge in [-0.05, 0) is 24.1 Å². The fourth-order valence-corrected chi connectivity index (χ4v) is 2.63. The Labute approximate surface area is 110 Å². The van der Waals surface area contributed by atoms with Gasteiger partial charge in [0.25, 0.3) is 10.2 Å². The van der Waals surface area contributed by atoms with Crippen molar-refractivity contribution in [3.63, 3.8) is 0 Å². The molecule has 8 heteroatoms. The van der Waals surface area contributed by atoms with Gasteiger partial charge in [0.1, 0.15) is 11.9 Å². The molecule has 104 valence electrons. The van der Waals surface area contributed by atoms with E-state index in [0.29, 0.717) is 19.5 Å². The Morgan fingerprint density at radius 1 is 1.37 bits per heavy atom. The summed E-state index contributed by atoms with van der Waals surface area (Å²) in [6.07, 6.45) is 0.371. The Morgan fingerprint density at radius 3 is 2.58 bits per heavy atom. The number of nitrogens with zero attached hydrogens (tertiary/aromatic N) is 1. The first-order chi connectivity index (χ1) is 8.85. The summed E-state index contributed by atoms with van der Waals surface area (Å²) in [4.78, 5) is 13.4. The lowest BCUT2D eigenvalue weighted by atomic mass is 10.2. The molecule has 0 aliphatic carbocycles. The lowest BCUT2D eigenvalue weighted by Crippen LogP contribution is -2.44. The molecule has 1 fully saturated rings. The molecule has 1 heterocycles. The van der Waals surface area contributed by atoms with Crippen molar-refractivity contribution in [3.8, 4) is 0 Å². The van der Waals surface area contributed by atoms with Crippen LogP contribution in [-0.4, -0.2) is 31.8 Å². The molecule has 0 radical (unpaired) electrons. The van der Waals surface area contributed by atoms with Gasteiger partial charge in [0, 0.05) is 13.1 Å². The van der Waals surface area contributed by atoms with Gasteiger partial charge in [-0.3, -0.25) is 4.79 Å². The van der Waals surface area contributed by atoms with Crippen molar-refractivity contribution in [2.45, 2.75) is 19.0 Å². The first-order valence-corrected chi connectivity index (χ1v) is 7.23. The summed E-state index contributed by atoms with van der Waals surface area (Å²) >= 11 is 0. The summed E-state index contributed by atoms with van der Waals surface area (Å²) in [5.74, 6) is -0.663. The van der Waals surface area contributed by atoms with Crippen LogP contribution in [0.5, 0.6) is 0 Å². The summed E-state index contributed by atoms with van der Waals surface area (Å²) in [5.41, 5.74) is 0.783. The van der Waals surface area contributed by atoms with Crippen molar-refractivity contribution in [1.82, 2.24) is 9.62 Å². The molecule has 0 bridgehead atoms. The number of carbonyl (C=O) groups is 1. The Balaban J connectivity index is 2.00. The third-order valence-electron chi connectivity index (χ3n) is 2.89. The van der Waals surface area contributed by atoms with Crippen molar-refractivity contribution in [1.29, 1.82) is 0 Å². The minimum atomic E-state index is -3.89. The molecule has 2 rings (SSSR count). The number of hydrogen-bond donors (Lipinski definition) is 2. The number of nitrogens with one attached hydrogen (secondary N) is 1. The van der Waals surface area contributed by atoms with Gasteiger partial charge in [-0.2, -0.15) is 13.1 Å². The van der Waals surface area contributed by atoms with E-state index in [9.17, 15) is 17.6 Å².